The number of thiocarbonyl (C=S) groups is 1. The van der Waals surface area contributed by atoms with E-state index in [-0.39, 0.29) is 5.97 Å². The molecule has 6 heteroatoms. The Balaban J connectivity index is 1.71. The number of ether oxygens (including phenoxy) is 1. The molecule has 1 heterocycles. The zero-order chi connectivity index (χ0) is 19.8. The van der Waals surface area contributed by atoms with E-state index in [9.17, 15) is 4.79 Å². The third kappa shape index (κ3) is 5.18. The highest BCUT2D eigenvalue weighted by atomic mass is 32.1. The lowest BCUT2D eigenvalue weighted by Gasteiger charge is -2.12. The monoisotopic (exact) mass is 410 g/mol. The van der Waals surface area contributed by atoms with Crippen molar-refractivity contribution in [2.75, 3.05) is 18.5 Å². The van der Waals surface area contributed by atoms with E-state index in [1.165, 1.54) is 16.9 Å². The summed E-state index contributed by atoms with van der Waals surface area (Å²) in [4.78, 5) is 12.6. The standard InChI is InChI=1S/C22H22N2O2S2/c1-2-26-21(25)19-18(17-11-7-4-8-12-17)15-28-20(19)24-22(27)23-14-13-16-9-5-3-6-10-16/h3-12,15H,2,13-14H2,1H3,(H2,23,24,27). The lowest BCUT2D eigenvalue weighted by molar-refractivity contribution is 0.0529. The Morgan fingerprint density at radius 3 is 2.43 bits per heavy atom. The maximum absolute atomic E-state index is 12.6. The van der Waals surface area contributed by atoms with Crippen LogP contribution in [-0.4, -0.2) is 24.2 Å². The second-order valence-electron chi connectivity index (χ2n) is 6.06. The molecule has 3 rings (SSSR count). The first-order chi connectivity index (χ1) is 13.7. The molecule has 0 atom stereocenters. The molecule has 2 aromatic carbocycles. The van der Waals surface area contributed by atoms with Crippen molar-refractivity contribution in [3.8, 4) is 11.1 Å². The van der Waals surface area contributed by atoms with Gasteiger partial charge in [-0.2, -0.15) is 0 Å². The van der Waals surface area contributed by atoms with Crippen molar-refractivity contribution in [1.82, 2.24) is 5.32 Å². The van der Waals surface area contributed by atoms with Crippen LogP contribution in [0.25, 0.3) is 11.1 Å². The van der Waals surface area contributed by atoms with E-state index >= 15 is 0 Å². The molecule has 0 fully saturated rings. The van der Waals surface area contributed by atoms with Crippen LogP contribution in [0, 0.1) is 0 Å². The lowest BCUT2D eigenvalue weighted by atomic mass is 10.0. The summed E-state index contributed by atoms with van der Waals surface area (Å²) in [6, 6.07) is 20.0. The van der Waals surface area contributed by atoms with Gasteiger partial charge in [0.15, 0.2) is 5.11 Å². The van der Waals surface area contributed by atoms with Crippen LogP contribution in [0.5, 0.6) is 0 Å². The number of hydrogen-bond acceptors (Lipinski definition) is 4. The number of nitrogens with one attached hydrogen (secondary N) is 2. The van der Waals surface area contributed by atoms with E-state index in [2.05, 4.69) is 22.8 Å². The van der Waals surface area contributed by atoms with Gasteiger partial charge in [-0.3, -0.25) is 0 Å². The summed E-state index contributed by atoms with van der Waals surface area (Å²) in [5.41, 5.74) is 3.58. The summed E-state index contributed by atoms with van der Waals surface area (Å²) < 4.78 is 5.27. The molecule has 0 spiro atoms. The normalized spacial score (nSPS) is 10.3. The second-order valence-corrected chi connectivity index (χ2v) is 7.34. The molecular formula is C22H22N2O2S2. The minimum Gasteiger partial charge on any atom is -0.462 e. The summed E-state index contributed by atoms with van der Waals surface area (Å²) in [5, 5.41) is 9.50. The Hall–Kier alpha value is -2.70. The molecule has 3 aromatic rings. The van der Waals surface area contributed by atoms with Crippen LogP contribution in [0.3, 0.4) is 0 Å². The Labute approximate surface area is 174 Å². The molecule has 0 saturated heterocycles. The molecule has 0 amide bonds. The van der Waals surface area contributed by atoms with Crippen LogP contribution < -0.4 is 10.6 Å². The molecular weight excluding hydrogens is 388 g/mol. The smallest absolute Gasteiger partial charge is 0.341 e. The number of anilines is 1. The van der Waals surface area contributed by atoms with E-state index in [0.717, 1.165) is 17.5 Å². The summed E-state index contributed by atoms with van der Waals surface area (Å²) >= 11 is 6.86. The predicted molar refractivity (Wildman–Crippen MR) is 120 cm³/mol. The zero-order valence-electron chi connectivity index (χ0n) is 15.6. The summed E-state index contributed by atoms with van der Waals surface area (Å²) in [7, 11) is 0. The average molecular weight is 411 g/mol. The SMILES string of the molecule is CCOC(=O)c1c(-c2ccccc2)csc1NC(=S)NCCc1ccccc1. The van der Waals surface area contributed by atoms with Gasteiger partial charge < -0.3 is 15.4 Å². The van der Waals surface area contributed by atoms with Crippen LogP contribution in [0.1, 0.15) is 22.8 Å². The van der Waals surface area contributed by atoms with Gasteiger partial charge in [-0.1, -0.05) is 60.7 Å². The number of esters is 1. The molecule has 1 aromatic heterocycles. The van der Waals surface area contributed by atoms with Gasteiger partial charge in [0.1, 0.15) is 10.6 Å². The number of thiophene rings is 1. The summed E-state index contributed by atoms with van der Waals surface area (Å²) in [6.45, 7) is 2.83. The third-order valence-corrected chi connectivity index (χ3v) is 5.27. The van der Waals surface area contributed by atoms with Crippen LogP contribution in [-0.2, 0) is 11.2 Å². The van der Waals surface area contributed by atoms with Crippen molar-refractivity contribution in [2.45, 2.75) is 13.3 Å². The number of carbonyl (C=O) groups excluding carboxylic acids is 1. The molecule has 4 nitrogen and oxygen atoms in total. The number of carbonyl (C=O) groups is 1. The van der Waals surface area contributed by atoms with Crippen LogP contribution in [0.4, 0.5) is 5.00 Å². The van der Waals surface area contributed by atoms with Crippen molar-refractivity contribution in [3.63, 3.8) is 0 Å². The van der Waals surface area contributed by atoms with E-state index in [4.69, 9.17) is 17.0 Å². The van der Waals surface area contributed by atoms with E-state index in [0.29, 0.717) is 28.8 Å². The molecule has 0 radical (unpaired) electrons. The number of rotatable bonds is 7. The van der Waals surface area contributed by atoms with Gasteiger partial charge in [0.05, 0.1) is 6.61 Å². The fourth-order valence-electron chi connectivity index (χ4n) is 2.80. The molecule has 0 aliphatic rings. The average Bonchev–Trinajstić information content (AvgIpc) is 3.13. The van der Waals surface area contributed by atoms with Gasteiger partial charge in [0.25, 0.3) is 0 Å². The minimum absolute atomic E-state index is 0.322. The van der Waals surface area contributed by atoms with E-state index in [1.807, 2.05) is 53.9 Å². The van der Waals surface area contributed by atoms with Crippen LogP contribution in [0.15, 0.2) is 66.0 Å². The van der Waals surface area contributed by atoms with Crippen LogP contribution in [0.2, 0.25) is 0 Å². The largest absolute Gasteiger partial charge is 0.462 e. The fourth-order valence-corrected chi connectivity index (χ4v) is 4.03. The highest BCUT2D eigenvalue weighted by molar-refractivity contribution is 7.80. The lowest BCUT2D eigenvalue weighted by Crippen LogP contribution is -2.30. The van der Waals surface area contributed by atoms with Crippen molar-refractivity contribution in [3.05, 3.63) is 77.2 Å². The molecule has 0 aliphatic heterocycles. The molecule has 0 aliphatic carbocycles. The first-order valence-electron chi connectivity index (χ1n) is 9.12. The highest BCUT2D eigenvalue weighted by Crippen LogP contribution is 2.36. The van der Waals surface area contributed by atoms with Crippen LogP contribution >= 0.6 is 23.6 Å². The summed E-state index contributed by atoms with van der Waals surface area (Å²) in [6.07, 6.45) is 0.868. The van der Waals surface area contributed by atoms with Crippen molar-refractivity contribution in [2.24, 2.45) is 0 Å². The Morgan fingerprint density at radius 1 is 1.07 bits per heavy atom. The van der Waals surface area contributed by atoms with Gasteiger partial charge >= 0.3 is 5.97 Å². The van der Waals surface area contributed by atoms with Gasteiger partial charge in [-0.25, -0.2) is 4.79 Å². The molecule has 0 saturated carbocycles. The maximum atomic E-state index is 12.6. The van der Waals surface area contributed by atoms with Gasteiger partial charge in [-0.05, 0) is 36.7 Å². The fraction of sp³-hybridized carbons (Fsp3) is 0.182. The van der Waals surface area contributed by atoms with Crippen molar-refractivity contribution < 1.29 is 9.53 Å². The Morgan fingerprint density at radius 2 is 1.75 bits per heavy atom. The zero-order valence-corrected chi connectivity index (χ0v) is 17.2. The van der Waals surface area contributed by atoms with Gasteiger partial charge in [-0.15, -0.1) is 11.3 Å². The number of benzene rings is 2. The molecule has 0 unspecified atom stereocenters. The maximum Gasteiger partial charge on any atom is 0.341 e. The topological polar surface area (TPSA) is 50.4 Å². The van der Waals surface area contributed by atoms with E-state index < -0.39 is 0 Å². The Bertz CT molecular complexity index is 924. The summed E-state index contributed by atoms with van der Waals surface area (Å²) in [5.74, 6) is -0.350. The van der Waals surface area contributed by atoms with Crippen molar-refractivity contribution >= 4 is 39.6 Å². The van der Waals surface area contributed by atoms with E-state index in [1.54, 1.807) is 6.92 Å². The van der Waals surface area contributed by atoms with Gasteiger partial charge in [0.2, 0.25) is 0 Å². The predicted octanol–water partition coefficient (Wildman–Crippen LogP) is 5.12. The molecule has 144 valence electrons. The minimum atomic E-state index is -0.350. The quantitative estimate of drug-likeness (QED) is 0.418. The van der Waals surface area contributed by atoms with Gasteiger partial charge in [0, 0.05) is 17.5 Å². The molecule has 2 N–H and O–H groups in total. The Kier molecular flexibility index (Phi) is 7.17. The first-order valence-corrected chi connectivity index (χ1v) is 10.4. The first kappa shape index (κ1) is 20.0. The van der Waals surface area contributed by atoms with Crippen molar-refractivity contribution in [1.29, 1.82) is 0 Å². The molecule has 28 heavy (non-hydrogen) atoms. The third-order valence-electron chi connectivity index (χ3n) is 4.12. The highest BCUT2D eigenvalue weighted by Gasteiger charge is 2.22. The molecule has 0 bridgehead atoms. The second kappa shape index (κ2) is 10.0. The number of hydrogen-bond donors (Lipinski definition) is 2.